The normalized spacial score (nSPS) is 19.1. The maximum atomic E-state index is 12.7. The Morgan fingerprint density at radius 3 is 3.14 bits per heavy atom. The lowest BCUT2D eigenvalue weighted by Crippen LogP contribution is -2.45. The molecule has 2 heterocycles. The average molecular weight is 325 g/mol. The molecule has 1 unspecified atom stereocenters. The van der Waals surface area contributed by atoms with Gasteiger partial charge in [-0.25, -0.2) is 0 Å². The number of nitrogens with two attached hydrogens (primary N) is 1. The van der Waals surface area contributed by atoms with Crippen LogP contribution in [-0.2, 0) is 4.74 Å². The Morgan fingerprint density at radius 1 is 1.57 bits per heavy atom. The highest BCUT2D eigenvalue weighted by atomic mass is 35.5. The molecule has 1 saturated heterocycles. The van der Waals surface area contributed by atoms with E-state index in [1.54, 1.807) is 0 Å². The summed E-state index contributed by atoms with van der Waals surface area (Å²) in [5, 5.41) is 1.49. The third-order valence-corrected chi connectivity index (χ3v) is 5.17. The topological polar surface area (TPSA) is 55.6 Å². The SMILES string of the molecule is CCC1CN(C(=O)c2sc3ccc(Cl)cc3c2N)CCO1. The van der Waals surface area contributed by atoms with Gasteiger partial charge in [0.05, 0.1) is 18.4 Å². The minimum Gasteiger partial charge on any atom is -0.397 e. The van der Waals surface area contributed by atoms with E-state index in [9.17, 15) is 4.79 Å². The van der Waals surface area contributed by atoms with Crippen molar-refractivity contribution in [1.29, 1.82) is 0 Å². The number of rotatable bonds is 2. The Kier molecular flexibility index (Phi) is 4.06. The lowest BCUT2D eigenvalue weighted by Gasteiger charge is -2.32. The summed E-state index contributed by atoms with van der Waals surface area (Å²) in [6, 6.07) is 5.53. The number of hydrogen-bond donors (Lipinski definition) is 1. The third-order valence-electron chi connectivity index (χ3n) is 3.76. The first-order valence-corrected chi connectivity index (χ1v) is 8.18. The van der Waals surface area contributed by atoms with Crippen molar-refractivity contribution in [2.75, 3.05) is 25.4 Å². The molecular formula is C15H17ClN2O2S. The zero-order valence-electron chi connectivity index (χ0n) is 11.8. The van der Waals surface area contributed by atoms with Crippen LogP contribution < -0.4 is 5.73 Å². The molecular weight excluding hydrogens is 308 g/mol. The van der Waals surface area contributed by atoms with E-state index >= 15 is 0 Å². The summed E-state index contributed by atoms with van der Waals surface area (Å²) in [6.07, 6.45) is 1.02. The van der Waals surface area contributed by atoms with E-state index in [4.69, 9.17) is 22.1 Å². The van der Waals surface area contributed by atoms with E-state index < -0.39 is 0 Å². The highest BCUT2D eigenvalue weighted by Crippen LogP contribution is 2.36. The van der Waals surface area contributed by atoms with Crippen LogP contribution in [0.15, 0.2) is 18.2 Å². The maximum Gasteiger partial charge on any atom is 0.266 e. The van der Waals surface area contributed by atoms with Gasteiger partial charge in [-0.1, -0.05) is 18.5 Å². The second-order valence-electron chi connectivity index (χ2n) is 5.14. The van der Waals surface area contributed by atoms with Gasteiger partial charge in [-0.05, 0) is 24.6 Å². The largest absolute Gasteiger partial charge is 0.397 e. The van der Waals surface area contributed by atoms with Gasteiger partial charge in [0.1, 0.15) is 4.88 Å². The number of ether oxygens (including phenoxy) is 1. The Labute approximate surface area is 132 Å². The van der Waals surface area contributed by atoms with Crippen molar-refractivity contribution in [2.24, 2.45) is 0 Å². The Bertz CT molecular complexity index is 686. The van der Waals surface area contributed by atoms with E-state index in [0.29, 0.717) is 35.3 Å². The van der Waals surface area contributed by atoms with Crippen LogP contribution in [0.5, 0.6) is 0 Å². The minimum atomic E-state index is -0.00780. The van der Waals surface area contributed by atoms with Gasteiger partial charge in [0.25, 0.3) is 5.91 Å². The van der Waals surface area contributed by atoms with Gasteiger partial charge in [0.2, 0.25) is 0 Å². The van der Waals surface area contributed by atoms with Crippen LogP contribution in [0, 0.1) is 0 Å². The Hall–Kier alpha value is -1.30. The first kappa shape index (κ1) is 14.6. The van der Waals surface area contributed by atoms with Crippen molar-refractivity contribution in [2.45, 2.75) is 19.4 Å². The smallest absolute Gasteiger partial charge is 0.266 e. The van der Waals surface area contributed by atoms with Crippen LogP contribution in [0.2, 0.25) is 5.02 Å². The molecule has 0 aliphatic carbocycles. The molecule has 1 aromatic heterocycles. The Balaban J connectivity index is 1.92. The summed E-state index contributed by atoms with van der Waals surface area (Å²) in [6.45, 7) is 3.89. The number of thiophene rings is 1. The molecule has 1 atom stereocenters. The number of carbonyl (C=O) groups is 1. The van der Waals surface area contributed by atoms with Crippen molar-refractivity contribution < 1.29 is 9.53 Å². The zero-order valence-corrected chi connectivity index (χ0v) is 13.3. The lowest BCUT2D eigenvalue weighted by molar-refractivity contribution is -0.0224. The highest BCUT2D eigenvalue weighted by molar-refractivity contribution is 7.21. The molecule has 0 spiro atoms. The van der Waals surface area contributed by atoms with Crippen molar-refractivity contribution >= 4 is 44.6 Å². The summed E-state index contributed by atoms with van der Waals surface area (Å²) < 4.78 is 6.60. The van der Waals surface area contributed by atoms with Gasteiger partial charge in [0, 0.05) is 28.2 Å². The second kappa shape index (κ2) is 5.83. The third kappa shape index (κ3) is 2.73. The monoisotopic (exact) mass is 324 g/mol. The molecule has 2 aromatic rings. The molecule has 1 aliphatic heterocycles. The standard InChI is InChI=1S/C15H17ClN2O2S/c1-2-10-8-18(5-6-20-10)15(19)14-13(17)11-7-9(16)3-4-12(11)21-14/h3-4,7,10H,2,5-6,8,17H2,1H3. The first-order valence-electron chi connectivity index (χ1n) is 6.98. The van der Waals surface area contributed by atoms with E-state index in [1.807, 2.05) is 23.1 Å². The summed E-state index contributed by atoms with van der Waals surface area (Å²) in [5.74, 6) is -0.00780. The molecule has 0 saturated carbocycles. The fourth-order valence-corrected chi connectivity index (χ4v) is 3.79. The van der Waals surface area contributed by atoms with Gasteiger partial charge >= 0.3 is 0 Å². The highest BCUT2D eigenvalue weighted by Gasteiger charge is 2.27. The van der Waals surface area contributed by atoms with Crippen molar-refractivity contribution in [3.63, 3.8) is 0 Å². The van der Waals surface area contributed by atoms with Crippen LogP contribution in [0.4, 0.5) is 5.69 Å². The molecule has 21 heavy (non-hydrogen) atoms. The van der Waals surface area contributed by atoms with Crippen molar-refractivity contribution in [1.82, 2.24) is 4.90 Å². The molecule has 0 radical (unpaired) electrons. The Morgan fingerprint density at radius 2 is 2.38 bits per heavy atom. The van der Waals surface area contributed by atoms with Crippen LogP contribution in [0.3, 0.4) is 0 Å². The summed E-state index contributed by atoms with van der Waals surface area (Å²) in [4.78, 5) is 15.1. The van der Waals surface area contributed by atoms with E-state index in [0.717, 1.165) is 16.5 Å². The summed E-state index contributed by atoms with van der Waals surface area (Å²) in [5.41, 5.74) is 6.69. The average Bonchev–Trinajstić information content (AvgIpc) is 2.83. The van der Waals surface area contributed by atoms with Crippen molar-refractivity contribution in [3.05, 3.63) is 28.1 Å². The lowest BCUT2D eigenvalue weighted by atomic mass is 10.2. The number of benzene rings is 1. The number of nitrogen functional groups attached to an aromatic ring is 1. The predicted octanol–water partition coefficient (Wildman–Crippen LogP) is 3.39. The number of morpholine rings is 1. The predicted molar refractivity (Wildman–Crippen MR) is 87.2 cm³/mol. The van der Waals surface area contributed by atoms with Crippen LogP contribution in [-0.4, -0.2) is 36.6 Å². The summed E-state index contributed by atoms with van der Waals surface area (Å²) in [7, 11) is 0. The fourth-order valence-electron chi connectivity index (χ4n) is 2.54. The number of halogens is 1. The van der Waals surface area contributed by atoms with Crippen LogP contribution >= 0.6 is 22.9 Å². The van der Waals surface area contributed by atoms with E-state index in [-0.39, 0.29) is 12.0 Å². The first-order chi connectivity index (χ1) is 10.1. The quantitative estimate of drug-likeness (QED) is 0.921. The molecule has 112 valence electrons. The number of nitrogens with zero attached hydrogens (tertiary/aromatic N) is 1. The molecule has 1 aromatic carbocycles. The second-order valence-corrected chi connectivity index (χ2v) is 6.63. The van der Waals surface area contributed by atoms with Gasteiger partial charge in [-0.2, -0.15) is 0 Å². The molecule has 1 amide bonds. The number of amides is 1. The zero-order chi connectivity index (χ0) is 15.0. The van der Waals surface area contributed by atoms with E-state index in [2.05, 4.69) is 6.92 Å². The molecule has 3 rings (SSSR count). The van der Waals surface area contributed by atoms with Crippen molar-refractivity contribution in [3.8, 4) is 0 Å². The van der Waals surface area contributed by atoms with E-state index in [1.165, 1.54) is 11.3 Å². The molecule has 0 bridgehead atoms. The molecule has 1 fully saturated rings. The maximum absolute atomic E-state index is 12.7. The number of hydrogen-bond acceptors (Lipinski definition) is 4. The van der Waals surface area contributed by atoms with Crippen LogP contribution in [0.25, 0.3) is 10.1 Å². The summed E-state index contributed by atoms with van der Waals surface area (Å²) >= 11 is 7.43. The number of carbonyl (C=O) groups excluding carboxylic acids is 1. The molecule has 2 N–H and O–H groups in total. The number of anilines is 1. The van der Waals surface area contributed by atoms with Gasteiger partial charge in [-0.3, -0.25) is 4.79 Å². The van der Waals surface area contributed by atoms with Crippen LogP contribution in [0.1, 0.15) is 23.0 Å². The van der Waals surface area contributed by atoms with Gasteiger partial charge in [-0.15, -0.1) is 11.3 Å². The molecule has 6 heteroatoms. The molecule has 4 nitrogen and oxygen atoms in total. The minimum absolute atomic E-state index is 0.00780. The molecule has 1 aliphatic rings. The van der Waals surface area contributed by atoms with Gasteiger partial charge in [0.15, 0.2) is 0 Å². The fraction of sp³-hybridized carbons (Fsp3) is 0.400. The number of fused-ring (bicyclic) bond motifs is 1. The van der Waals surface area contributed by atoms with Gasteiger partial charge < -0.3 is 15.4 Å².